The number of hydrogen-bond donors (Lipinski definition) is 1. The first-order valence-corrected chi connectivity index (χ1v) is 9.32. The summed E-state index contributed by atoms with van der Waals surface area (Å²) in [5.41, 5.74) is 0.112. The van der Waals surface area contributed by atoms with Gasteiger partial charge in [0.2, 0.25) is 5.60 Å². The van der Waals surface area contributed by atoms with Gasteiger partial charge < -0.3 is 14.6 Å². The first kappa shape index (κ1) is 18.6. The van der Waals surface area contributed by atoms with Crippen LogP contribution in [0, 0.1) is 0 Å². The fourth-order valence-corrected chi connectivity index (χ4v) is 3.63. The molecule has 0 radical (unpaired) electrons. The molecule has 4 heteroatoms. The number of esters is 1. The van der Waals surface area contributed by atoms with Crippen LogP contribution in [0.25, 0.3) is 0 Å². The van der Waals surface area contributed by atoms with Crippen molar-refractivity contribution < 1.29 is 19.4 Å². The van der Waals surface area contributed by atoms with E-state index in [2.05, 4.69) is 0 Å². The lowest BCUT2D eigenvalue weighted by Gasteiger charge is -2.35. The summed E-state index contributed by atoms with van der Waals surface area (Å²) in [6.45, 7) is 2.22. The maximum atomic E-state index is 13.4. The Bertz CT molecular complexity index is 659. The Labute approximate surface area is 154 Å². The molecule has 26 heavy (non-hydrogen) atoms. The molecule has 1 aliphatic carbocycles. The number of aliphatic hydroxyl groups is 1. The van der Waals surface area contributed by atoms with Crippen LogP contribution in [0.3, 0.4) is 0 Å². The summed E-state index contributed by atoms with van der Waals surface area (Å²) in [7, 11) is 0. The smallest absolute Gasteiger partial charge is 0.348 e. The number of ether oxygens (including phenoxy) is 2. The highest BCUT2D eigenvalue weighted by Gasteiger charge is 2.46. The average molecular weight is 354 g/mol. The third-order valence-corrected chi connectivity index (χ3v) is 4.94. The van der Waals surface area contributed by atoms with E-state index in [-0.39, 0.29) is 0 Å². The van der Waals surface area contributed by atoms with Crippen molar-refractivity contribution in [1.29, 1.82) is 0 Å². The van der Waals surface area contributed by atoms with Crippen molar-refractivity contribution in [1.82, 2.24) is 0 Å². The third kappa shape index (κ3) is 3.67. The van der Waals surface area contributed by atoms with Gasteiger partial charge in [-0.05, 0) is 37.3 Å². The molecule has 2 aromatic rings. The predicted molar refractivity (Wildman–Crippen MR) is 99.6 cm³/mol. The summed E-state index contributed by atoms with van der Waals surface area (Å²) in [5, 5.41) is 10.2. The van der Waals surface area contributed by atoms with Crippen molar-refractivity contribution >= 4 is 5.97 Å². The summed E-state index contributed by atoms with van der Waals surface area (Å²) in [6.07, 6.45) is 2.16. The summed E-state index contributed by atoms with van der Waals surface area (Å²) < 4.78 is 11.9. The maximum absolute atomic E-state index is 13.4. The average Bonchev–Trinajstić information content (AvgIpc) is 2.69. The quantitative estimate of drug-likeness (QED) is 0.802. The lowest BCUT2D eigenvalue weighted by molar-refractivity contribution is -0.181. The summed E-state index contributed by atoms with van der Waals surface area (Å²) in [6, 6.07) is 18.8. The Morgan fingerprint density at radius 3 is 2.04 bits per heavy atom. The van der Waals surface area contributed by atoms with Gasteiger partial charge in [0.25, 0.3) is 0 Å². The highest BCUT2D eigenvalue weighted by atomic mass is 16.6. The monoisotopic (exact) mass is 354 g/mol. The molecule has 2 atom stereocenters. The van der Waals surface area contributed by atoms with Crippen LogP contribution in [0.15, 0.2) is 60.7 Å². The minimum atomic E-state index is -1.34. The van der Waals surface area contributed by atoms with Crippen molar-refractivity contribution in [3.63, 3.8) is 0 Å². The molecule has 1 N–H and O–H groups in total. The molecule has 0 spiro atoms. The van der Waals surface area contributed by atoms with Crippen molar-refractivity contribution in [2.75, 3.05) is 6.61 Å². The van der Waals surface area contributed by atoms with Crippen LogP contribution in [0.5, 0.6) is 0 Å². The van der Waals surface area contributed by atoms with Gasteiger partial charge in [-0.15, -0.1) is 0 Å². The van der Waals surface area contributed by atoms with E-state index in [1.807, 2.05) is 67.6 Å². The number of benzene rings is 2. The summed E-state index contributed by atoms with van der Waals surface area (Å²) in [5.74, 6) is -0.470. The summed E-state index contributed by atoms with van der Waals surface area (Å²) >= 11 is 0. The van der Waals surface area contributed by atoms with E-state index in [9.17, 15) is 9.90 Å². The van der Waals surface area contributed by atoms with E-state index < -0.39 is 23.8 Å². The van der Waals surface area contributed by atoms with Gasteiger partial charge in [0.05, 0.1) is 6.10 Å². The second-order valence-corrected chi connectivity index (χ2v) is 6.64. The first-order valence-electron chi connectivity index (χ1n) is 9.32. The lowest BCUT2D eigenvalue weighted by Crippen LogP contribution is -2.45. The number of aliphatic hydroxyl groups excluding tert-OH is 1. The van der Waals surface area contributed by atoms with E-state index in [1.165, 1.54) is 0 Å². The number of carbonyl (C=O) groups excluding carboxylic acids is 1. The molecule has 2 unspecified atom stereocenters. The summed E-state index contributed by atoms with van der Waals surface area (Å²) in [4.78, 5) is 13.4. The second-order valence-electron chi connectivity index (χ2n) is 6.64. The van der Waals surface area contributed by atoms with Gasteiger partial charge in [-0.25, -0.2) is 4.79 Å². The van der Waals surface area contributed by atoms with E-state index in [0.717, 1.165) is 24.0 Å². The standard InChI is InChI=1S/C22H26O4/c1-2-25-22(17-11-5-3-6-12-17,18-13-7-4-8-14-18)21(24)26-20-16-10-9-15-19(20)23/h3-8,11-14,19-20,23H,2,9-10,15-16H2,1H3. The molecule has 4 nitrogen and oxygen atoms in total. The Kier molecular flexibility index (Phi) is 6.07. The van der Waals surface area contributed by atoms with Gasteiger partial charge in [0, 0.05) is 6.61 Å². The fraction of sp³-hybridized carbons (Fsp3) is 0.409. The fourth-order valence-electron chi connectivity index (χ4n) is 3.63. The van der Waals surface area contributed by atoms with E-state index in [0.29, 0.717) is 19.4 Å². The molecular weight excluding hydrogens is 328 g/mol. The Morgan fingerprint density at radius 2 is 1.54 bits per heavy atom. The van der Waals surface area contributed by atoms with Crippen LogP contribution >= 0.6 is 0 Å². The Hall–Kier alpha value is -2.17. The van der Waals surface area contributed by atoms with Crippen molar-refractivity contribution in [2.24, 2.45) is 0 Å². The normalized spacial score (nSPS) is 20.5. The van der Waals surface area contributed by atoms with Gasteiger partial charge in [-0.2, -0.15) is 0 Å². The molecule has 3 rings (SSSR count). The zero-order chi connectivity index (χ0) is 18.4. The Morgan fingerprint density at radius 1 is 1.00 bits per heavy atom. The minimum Gasteiger partial charge on any atom is -0.457 e. The predicted octanol–water partition coefficient (Wildman–Crippen LogP) is 3.81. The first-order chi connectivity index (χ1) is 12.7. The number of hydrogen-bond acceptors (Lipinski definition) is 4. The van der Waals surface area contributed by atoms with Crippen LogP contribution in [0.4, 0.5) is 0 Å². The van der Waals surface area contributed by atoms with E-state index in [4.69, 9.17) is 9.47 Å². The Balaban J connectivity index is 2.03. The highest BCUT2D eigenvalue weighted by molar-refractivity contribution is 5.86. The number of rotatable bonds is 6. The van der Waals surface area contributed by atoms with Crippen molar-refractivity contribution in [2.45, 2.75) is 50.4 Å². The SMILES string of the molecule is CCOC(C(=O)OC1CCCCC1O)(c1ccccc1)c1ccccc1. The molecule has 1 saturated carbocycles. The molecule has 2 aromatic carbocycles. The molecule has 0 aromatic heterocycles. The molecule has 1 fully saturated rings. The van der Waals surface area contributed by atoms with Gasteiger partial charge in [-0.1, -0.05) is 67.1 Å². The van der Waals surface area contributed by atoms with Crippen LogP contribution in [-0.2, 0) is 19.9 Å². The van der Waals surface area contributed by atoms with Crippen LogP contribution in [-0.4, -0.2) is 29.9 Å². The van der Waals surface area contributed by atoms with Gasteiger partial charge >= 0.3 is 5.97 Å². The van der Waals surface area contributed by atoms with E-state index >= 15 is 0 Å². The van der Waals surface area contributed by atoms with Crippen molar-refractivity contribution in [3.05, 3.63) is 71.8 Å². The minimum absolute atomic E-state index is 0.353. The zero-order valence-corrected chi connectivity index (χ0v) is 15.1. The van der Waals surface area contributed by atoms with Crippen molar-refractivity contribution in [3.8, 4) is 0 Å². The molecule has 138 valence electrons. The lowest BCUT2D eigenvalue weighted by atomic mass is 9.85. The highest BCUT2D eigenvalue weighted by Crippen LogP contribution is 2.36. The van der Waals surface area contributed by atoms with Gasteiger partial charge in [0.15, 0.2) is 0 Å². The molecule has 0 saturated heterocycles. The molecular formula is C22H26O4. The largest absolute Gasteiger partial charge is 0.457 e. The molecule has 0 aliphatic heterocycles. The molecule has 0 heterocycles. The zero-order valence-electron chi connectivity index (χ0n) is 15.1. The molecule has 1 aliphatic rings. The maximum Gasteiger partial charge on any atom is 0.348 e. The van der Waals surface area contributed by atoms with Gasteiger partial charge in [-0.3, -0.25) is 0 Å². The topological polar surface area (TPSA) is 55.8 Å². The molecule has 0 bridgehead atoms. The second kappa shape index (κ2) is 8.47. The van der Waals surface area contributed by atoms with Crippen LogP contribution in [0.1, 0.15) is 43.7 Å². The van der Waals surface area contributed by atoms with E-state index in [1.54, 1.807) is 0 Å². The van der Waals surface area contributed by atoms with Crippen LogP contribution in [0.2, 0.25) is 0 Å². The van der Waals surface area contributed by atoms with Gasteiger partial charge in [0.1, 0.15) is 6.10 Å². The number of carbonyl (C=O) groups is 1. The molecule has 0 amide bonds. The third-order valence-electron chi connectivity index (χ3n) is 4.94. The van der Waals surface area contributed by atoms with Crippen LogP contribution < -0.4 is 0 Å².